The quantitative estimate of drug-likeness (QED) is 0.480. The van der Waals surface area contributed by atoms with Gasteiger partial charge in [-0.3, -0.25) is 0 Å². The molecule has 1 fully saturated rings. The third-order valence-corrected chi connectivity index (χ3v) is 5.46. The lowest BCUT2D eigenvalue weighted by Crippen LogP contribution is -2.38. The summed E-state index contributed by atoms with van der Waals surface area (Å²) in [6, 6.07) is 13.8. The molecule has 0 aliphatic carbocycles. The van der Waals surface area contributed by atoms with Crippen LogP contribution in [-0.4, -0.2) is 56.4 Å². The van der Waals surface area contributed by atoms with Gasteiger partial charge in [-0.1, -0.05) is 36.1 Å². The largest absolute Gasteiger partial charge is 0.485 e. The SMILES string of the molecule is C[C@H](O)c1nccn1[C@@H](C#Cc1ccc(-c2ccc(O[C@@H]3COC(F)(F)[C@H]3O)cc2)cc1)CO. The van der Waals surface area contributed by atoms with Crippen LogP contribution in [0.15, 0.2) is 60.9 Å². The molecular weight excluding hydrogens is 446 g/mol. The van der Waals surface area contributed by atoms with E-state index in [0.717, 1.165) is 16.7 Å². The van der Waals surface area contributed by atoms with Gasteiger partial charge in [-0.05, 0) is 42.3 Å². The molecule has 4 atom stereocenters. The minimum absolute atomic E-state index is 0.225. The van der Waals surface area contributed by atoms with Crippen molar-refractivity contribution in [1.82, 2.24) is 9.55 Å². The van der Waals surface area contributed by atoms with Gasteiger partial charge in [0.25, 0.3) is 0 Å². The molecule has 3 N–H and O–H groups in total. The maximum absolute atomic E-state index is 13.3. The molecule has 1 aliphatic heterocycles. The molecule has 1 aliphatic rings. The minimum Gasteiger partial charge on any atom is -0.485 e. The smallest absolute Gasteiger partial charge is 0.385 e. The lowest BCUT2D eigenvalue weighted by atomic mass is 10.0. The van der Waals surface area contributed by atoms with Crippen molar-refractivity contribution in [2.75, 3.05) is 13.2 Å². The Hall–Kier alpha value is -3.29. The van der Waals surface area contributed by atoms with Gasteiger partial charge >= 0.3 is 6.11 Å². The van der Waals surface area contributed by atoms with Crippen molar-refractivity contribution in [1.29, 1.82) is 0 Å². The minimum atomic E-state index is -3.61. The van der Waals surface area contributed by atoms with E-state index in [1.807, 2.05) is 24.3 Å². The Morgan fingerprint density at radius 3 is 2.38 bits per heavy atom. The van der Waals surface area contributed by atoms with Gasteiger partial charge in [-0.25, -0.2) is 4.98 Å². The van der Waals surface area contributed by atoms with Crippen molar-refractivity contribution in [3.63, 3.8) is 0 Å². The number of ether oxygens (including phenoxy) is 2. The predicted octanol–water partition coefficient (Wildman–Crippen LogP) is 2.92. The van der Waals surface area contributed by atoms with Crippen molar-refractivity contribution < 1.29 is 33.6 Å². The van der Waals surface area contributed by atoms with Crippen LogP contribution in [0, 0.1) is 11.8 Å². The molecule has 0 unspecified atom stereocenters. The third-order valence-electron chi connectivity index (χ3n) is 5.46. The van der Waals surface area contributed by atoms with Crippen molar-refractivity contribution in [3.8, 4) is 28.7 Å². The highest BCUT2D eigenvalue weighted by Crippen LogP contribution is 2.32. The topological polar surface area (TPSA) is 97.0 Å². The van der Waals surface area contributed by atoms with Gasteiger partial charge in [-0.15, -0.1) is 0 Å². The summed E-state index contributed by atoms with van der Waals surface area (Å²) in [5.74, 6) is 6.82. The number of alkyl halides is 2. The van der Waals surface area contributed by atoms with E-state index in [4.69, 9.17) is 4.74 Å². The average molecular weight is 470 g/mol. The van der Waals surface area contributed by atoms with E-state index < -0.39 is 37.1 Å². The molecule has 0 saturated carbocycles. The molecule has 4 rings (SSSR count). The van der Waals surface area contributed by atoms with E-state index >= 15 is 0 Å². The fourth-order valence-corrected chi connectivity index (χ4v) is 3.61. The van der Waals surface area contributed by atoms with Crippen LogP contribution in [0.2, 0.25) is 0 Å². The molecule has 178 valence electrons. The second kappa shape index (κ2) is 9.91. The Bertz CT molecular complexity index is 1170. The van der Waals surface area contributed by atoms with Crippen LogP contribution >= 0.6 is 0 Å². The number of halogens is 2. The van der Waals surface area contributed by atoms with Crippen LogP contribution in [0.25, 0.3) is 11.1 Å². The van der Waals surface area contributed by atoms with Gasteiger partial charge in [0, 0.05) is 18.0 Å². The lowest BCUT2D eigenvalue weighted by Gasteiger charge is -2.17. The Labute approximate surface area is 195 Å². The number of aliphatic hydroxyl groups excluding tert-OH is 3. The first-order valence-corrected chi connectivity index (χ1v) is 10.7. The van der Waals surface area contributed by atoms with Crippen molar-refractivity contribution in [3.05, 3.63) is 72.3 Å². The molecule has 0 radical (unpaired) electrons. The Balaban J connectivity index is 1.42. The number of aliphatic hydroxyl groups is 3. The molecular formula is C25H24F2N2O5. The highest BCUT2D eigenvalue weighted by molar-refractivity contribution is 5.65. The molecule has 0 amide bonds. The van der Waals surface area contributed by atoms with Crippen LogP contribution in [-0.2, 0) is 4.74 Å². The molecule has 0 bridgehead atoms. The number of nitrogens with zero attached hydrogens (tertiary/aromatic N) is 2. The zero-order chi connectivity index (χ0) is 24.3. The summed E-state index contributed by atoms with van der Waals surface area (Å²) in [6.07, 6.45) is -4.32. The predicted molar refractivity (Wildman–Crippen MR) is 119 cm³/mol. The molecule has 2 heterocycles. The Morgan fingerprint density at radius 1 is 1.18 bits per heavy atom. The van der Waals surface area contributed by atoms with Crippen molar-refractivity contribution in [2.24, 2.45) is 0 Å². The summed E-state index contributed by atoms with van der Waals surface area (Å²) in [5.41, 5.74) is 2.54. The van der Waals surface area contributed by atoms with E-state index in [1.165, 1.54) is 0 Å². The molecule has 2 aromatic carbocycles. The van der Waals surface area contributed by atoms with Gasteiger partial charge in [0.1, 0.15) is 23.7 Å². The fourth-order valence-electron chi connectivity index (χ4n) is 3.61. The van der Waals surface area contributed by atoms with Gasteiger partial charge < -0.3 is 29.4 Å². The van der Waals surface area contributed by atoms with Crippen molar-refractivity contribution >= 4 is 0 Å². The number of hydrogen-bond donors (Lipinski definition) is 3. The van der Waals surface area contributed by atoms with Crippen LogP contribution < -0.4 is 4.74 Å². The highest BCUT2D eigenvalue weighted by Gasteiger charge is 2.52. The average Bonchev–Trinajstić information content (AvgIpc) is 3.41. The zero-order valence-corrected chi connectivity index (χ0v) is 18.3. The van der Waals surface area contributed by atoms with E-state index in [0.29, 0.717) is 11.6 Å². The second-order valence-corrected chi connectivity index (χ2v) is 7.91. The molecule has 1 saturated heterocycles. The standard InChI is InChI=1S/C25H24F2N2O5/c1-16(31)24-28-12-13-29(24)20(14-30)9-4-17-2-5-18(6-3-17)19-7-10-21(11-8-19)34-22-15-33-25(26,27)23(22)32/h2-3,5-8,10-13,16,20,22-23,30-32H,14-15H2,1H3/t16-,20-,22+,23-/m0/s1. The summed E-state index contributed by atoms with van der Waals surface area (Å²) in [7, 11) is 0. The summed E-state index contributed by atoms with van der Waals surface area (Å²) >= 11 is 0. The maximum Gasteiger partial charge on any atom is 0.385 e. The maximum atomic E-state index is 13.3. The van der Waals surface area contributed by atoms with Gasteiger partial charge in [0.05, 0.1) is 13.2 Å². The van der Waals surface area contributed by atoms with Crippen LogP contribution in [0.1, 0.15) is 30.5 Å². The third kappa shape index (κ3) is 5.11. The molecule has 7 nitrogen and oxygen atoms in total. The lowest BCUT2D eigenvalue weighted by molar-refractivity contribution is -0.248. The van der Waals surface area contributed by atoms with Gasteiger partial charge in [0.2, 0.25) is 0 Å². The molecule has 3 aromatic rings. The van der Waals surface area contributed by atoms with E-state index in [-0.39, 0.29) is 6.61 Å². The van der Waals surface area contributed by atoms with E-state index in [9.17, 15) is 24.1 Å². The first-order valence-electron chi connectivity index (χ1n) is 10.7. The Kier molecular flexibility index (Phi) is 6.95. The van der Waals surface area contributed by atoms with Crippen LogP contribution in [0.5, 0.6) is 5.75 Å². The van der Waals surface area contributed by atoms with E-state index in [2.05, 4.69) is 21.6 Å². The number of imidazole rings is 1. The monoisotopic (exact) mass is 470 g/mol. The second-order valence-electron chi connectivity index (χ2n) is 7.91. The van der Waals surface area contributed by atoms with Crippen LogP contribution in [0.4, 0.5) is 8.78 Å². The van der Waals surface area contributed by atoms with E-state index in [1.54, 1.807) is 48.1 Å². The molecule has 34 heavy (non-hydrogen) atoms. The summed E-state index contributed by atoms with van der Waals surface area (Å²) in [4.78, 5) is 4.10. The number of benzene rings is 2. The highest BCUT2D eigenvalue weighted by atomic mass is 19.3. The summed E-state index contributed by atoms with van der Waals surface area (Å²) in [5, 5.41) is 29.1. The van der Waals surface area contributed by atoms with Gasteiger partial charge in [-0.2, -0.15) is 8.78 Å². The molecule has 1 aromatic heterocycles. The number of aromatic nitrogens is 2. The summed E-state index contributed by atoms with van der Waals surface area (Å²) in [6.45, 7) is 0.983. The van der Waals surface area contributed by atoms with Crippen LogP contribution in [0.3, 0.4) is 0 Å². The van der Waals surface area contributed by atoms with Gasteiger partial charge in [0.15, 0.2) is 12.2 Å². The number of hydrogen-bond acceptors (Lipinski definition) is 6. The first kappa shape index (κ1) is 23.9. The fraction of sp³-hybridized carbons (Fsp3) is 0.320. The summed E-state index contributed by atoms with van der Waals surface area (Å²) < 4.78 is 37.9. The van der Waals surface area contributed by atoms with Crippen molar-refractivity contribution in [2.45, 2.75) is 37.4 Å². The first-order chi connectivity index (χ1) is 16.3. The molecule has 9 heteroatoms. The molecule has 0 spiro atoms. The normalized spacial score (nSPS) is 20.9. The zero-order valence-electron chi connectivity index (χ0n) is 18.3. The Morgan fingerprint density at radius 2 is 1.82 bits per heavy atom. The number of rotatable bonds is 6.